The van der Waals surface area contributed by atoms with Gasteiger partial charge in [0, 0.05) is 56.1 Å². The molecule has 0 aromatic rings. The summed E-state index contributed by atoms with van der Waals surface area (Å²) in [5.41, 5.74) is 2.90. The molecule has 8 heteroatoms. The van der Waals surface area contributed by atoms with Crippen LogP contribution < -0.4 is 15.3 Å². The fourth-order valence-corrected chi connectivity index (χ4v) is 0.950. The number of halogens is 1. The predicted octanol–water partition coefficient (Wildman–Crippen LogP) is -1.53. The van der Waals surface area contributed by atoms with E-state index in [1.165, 1.54) is 0 Å². The van der Waals surface area contributed by atoms with E-state index in [-0.39, 0.29) is 33.2 Å². The van der Waals surface area contributed by atoms with Crippen molar-refractivity contribution >= 4 is 61.1 Å². The van der Waals surface area contributed by atoms with Crippen molar-refractivity contribution < 1.29 is 29.7 Å². The summed E-state index contributed by atoms with van der Waals surface area (Å²) in [5.74, 6) is -3.14. The summed E-state index contributed by atoms with van der Waals surface area (Å²) in [6, 6.07) is 0. The third-order valence-electron chi connectivity index (χ3n) is 1.59. The monoisotopic (exact) mass is 566 g/mol. The molecular weight excluding hydrogens is 551 g/mol. The summed E-state index contributed by atoms with van der Waals surface area (Å²) in [5, 5.41) is 27.4. The molecule has 22 heavy (non-hydrogen) atoms. The van der Waals surface area contributed by atoms with Gasteiger partial charge in [0.2, 0.25) is 0 Å². The Labute approximate surface area is 157 Å². The van der Waals surface area contributed by atoms with Crippen molar-refractivity contribution in [1.82, 2.24) is 0 Å². The van der Waals surface area contributed by atoms with E-state index in [9.17, 15) is 9.90 Å². The molecule has 0 spiro atoms. The zero-order valence-electron chi connectivity index (χ0n) is 12.1. The van der Waals surface area contributed by atoms with Crippen LogP contribution in [0.3, 0.4) is 0 Å². The number of carbonyl (C=O) groups excluding carboxylic acids is 3. The van der Waals surface area contributed by atoms with E-state index in [1.807, 2.05) is 24.6 Å². The molecule has 0 aliphatic heterocycles. The maximum atomic E-state index is 9.65. The second kappa shape index (κ2) is 16.4. The number of hydrogen-bond donors (Lipinski definition) is 0. The van der Waals surface area contributed by atoms with Crippen LogP contribution in [0, 0.1) is 12.3 Å². The Balaban J connectivity index is -0.000000223. The summed E-state index contributed by atoms with van der Waals surface area (Å²) >= 11 is 3.29. The van der Waals surface area contributed by atoms with E-state index >= 15 is 0 Å². The number of carboxylic acids is 3. The van der Waals surface area contributed by atoms with Crippen LogP contribution in [0.2, 0.25) is 0 Å². The zero-order chi connectivity index (χ0) is 16.8. The van der Waals surface area contributed by atoms with E-state index < -0.39 is 17.9 Å². The molecule has 0 atom stereocenters. The Morgan fingerprint density at radius 1 is 1.09 bits per heavy atom. The molecule has 1 fully saturated rings. The second-order valence-electron chi connectivity index (χ2n) is 3.79. The Bertz CT molecular complexity index is 428. The molecule has 0 saturated heterocycles. The minimum Gasteiger partial charge on any atom is -0.550 e. The molecule has 0 bridgehead atoms. The molecule has 0 unspecified atom stereocenters. The summed E-state index contributed by atoms with van der Waals surface area (Å²) in [6.45, 7) is 1.94. The fourth-order valence-electron chi connectivity index (χ4n) is 0.686. The Hall–Kier alpha value is -0.928. The van der Waals surface area contributed by atoms with Gasteiger partial charge in [-0.1, -0.05) is 15.9 Å². The average molecular weight is 566 g/mol. The molecule has 0 heterocycles. The molecule has 2 aliphatic carbocycles. The zero-order valence-corrected chi connectivity index (χ0v) is 17.6. The first-order valence-corrected chi connectivity index (χ1v) is 6.63. The molecule has 2 aliphatic rings. The first-order valence-electron chi connectivity index (χ1n) is 5.84. The van der Waals surface area contributed by atoms with Crippen molar-refractivity contribution in [2.45, 2.75) is 26.7 Å². The van der Waals surface area contributed by atoms with Gasteiger partial charge in [0.1, 0.15) is 0 Å². The van der Waals surface area contributed by atoms with Crippen molar-refractivity contribution in [3.8, 4) is 0 Å². The normalized spacial score (nSPS) is 13.3. The van der Waals surface area contributed by atoms with Gasteiger partial charge in [-0.25, -0.2) is 0 Å². The van der Waals surface area contributed by atoms with Crippen LogP contribution in [-0.2, 0) is 14.4 Å². The van der Waals surface area contributed by atoms with E-state index in [1.54, 1.807) is 0 Å². The first-order chi connectivity index (χ1) is 9.66. The maximum absolute atomic E-state index is 9.65. The summed E-state index contributed by atoms with van der Waals surface area (Å²) in [6.07, 6.45) is 9.29. The minimum absolute atomic E-state index is 0. The van der Waals surface area contributed by atoms with Crippen LogP contribution in [-0.4, -0.2) is 45.2 Å². The van der Waals surface area contributed by atoms with Crippen molar-refractivity contribution in [3.63, 3.8) is 0 Å². The standard InChI is InChI=1S/C6H4Br.C4H6O2.2C2H4O2.Pb/c7-6-4-2-1-3-5-6;5-4(6)3-1-2-3;2*1-2(3)4;/h2-5H;3H,1-2H2,(H,5,6);2*1H3,(H,3,4);/p-3. The molecule has 0 aromatic carbocycles. The van der Waals surface area contributed by atoms with Crippen LogP contribution in [0.5, 0.6) is 0 Å². The van der Waals surface area contributed by atoms with Crippen LogP contribution in [0.4, 0.5) is 0 Å². The maximum Gasteiger partial charge on any atom is 0.0445 e. The minimum atomic E-state index is -1.08. The number of hydrogen-bond acceptors (Lipinski definition) is 6. The van der Waals surface area contributed by atoms with Gasteiger partial charge in [0.25, 0.3) is 0 Å². The van der Waals surface area contributed by atoms with Gasteiger partial charge in [-0.3, -0.25) is 0 Å². The van der Waals surface area contributed by atoms with E-state index in [2.05, 4.69) is 21.7 Å². The number of allylic oxidation sites excluding steroid dienone is 3. The van der Waals surface area contributed by atoms with Gasteiger partial charge in [0.05, 0.1) is 0 Å². The summed E-state index contributed by atoms with van der Waals surface area (Å²) in [4.78, 5) is 27.4. The van der Waals surface area contributed by atoms with Crippen molar-refractivity contribution in [3.05, 3.63) is 34.9 Å². The topological polar surface area (TPSA) is 120 Å². The molecular formula is C14H15BrO6Pb-3. The first kappa shape index (κ1) is 26.0. The van der Waals surface area contributed by atoms with Crippen LogP contribution in [0.25, 0.3) is 0 Å². The number of carbonyl (C=O) groups is 3. The van der Waals surface area contributed by atoms with Gasteiger partial charge >= 0.3 is 0 Å². The summed E-state index contributed by atoms with van der Waals surface area (Å²) < 4.78 is 1.10. The largest absolute Gasteiger partial charge is 0.550 e. The number of carboxylic acid groups (broad SMARTS) is 3. The second-order valence-corrected chi connectivity index (χ2v) is 4.71. The van der Waals surface area contributed by atoms with Gasteiger partial charge < -0.3 is 29.7 Å². The molecule has 121 valence electrons. The molecule has 1 saturated carbocycles. The molecule has 0 aromatic heterocycles. The third-order valence-corrected chi connectivity index (χ3v) is 2.12. The smallest absolute Gasteiger partial charge is 0.0445 e. The SMILES string of the molecule is BrC1=CC=C=C[CH]1.CC(=O)[O-].CC(=O)[O-].O=C([O-])C1CC1.[Pb]. The van der Waals surface area contributed by atoms with Crippen molar-refractivity contribution in [2.24, 2.45) is 5.92 Å². The predicted molar refractivity (Wildman–Crippen MR) is 78.8 cm³/mol. The Kier molecular flexibility index (Phi) is 19.4. The third kappa shape index (κ3) is 31.5. The van der Waals surface area contributed by atoms with Crippen molar-refractivity contribution in [2.75, 3.05) is 0 Å². The van der Waals surface area contributed by atoms with Gasteiger partial charge in [-0.2, -0.15) is 0 Å². The van der Waals surface area contributed by atoms with Gasteiger partial charge in [0.15, 0.2) is 0 Å². The average Bonchev–Trinajstić information content (AvgIpc) is 3.12. The molecule has 5 radical (unpaired) electrons. The molecule has 0 amide bonds. The van der Waals surface area contributed by atoms with Gasteiger partial charge in [-0.15, -0.1) is 5.73 Å². The van der Waals surface area contributed by atoms with E-state index in [0.717, 1.165) is 31.2 Å². The van der Waals surface area contributed by atoms with E-state index in [0.29, 0.717) is 0 Å². The fraction of sp³-hybridized carbons (Fsp3) is 0.357. The Morgan fingerprint density at radius 3 is 1.59 bits per heavy atom. The van der Waals surface area contributed by atoms with Crippen molar-refractivity contribution in [1.29, 1.82) is 0 Å². The number of rotatable bonds is 1. The van der Waals surface area contributed by atoms with Crippen LogP contribution in [0.15, 0.2) is 28.4 Å². The molecule has 6 nitrogen and oxygen atoms in total. The quantitative estimate of drug-likeness (QED) is 0.281. The van der Waals surface area contributed by atoms with E-state index in [4.69, 9.17) is 19.8 Å². The molecule has 0 N–H and O–H groups in total. The van der Waals surface area contributed by atoms with Gasteiger partial charge in [-0.05, 0) is 50.8 Å². The Morgan fingerprint density at radius 2 is 1.50 bits per heavy atom. The number of aliphatic carboxylic acids is 3. The van der Waals surface area contributed by atoms with Crippen LogP contribution >= 0.6 is 15.9 Å². The molecule has 2 rings (SSSR count). The summed E-state index contributed by atoms with van der Waals surface area (Å²) in [7, 11) is 0. The van der Waals surface area contributed by atoms with Crippen LogP contribution in [0.1, 0.15) is 26.7 Å².